The number of nitrogens with one attached hydrogen (secondary N) is 2. The van der Waals surface area contributed by atoms with Crippen molar-refractivity contribution in [2.75, 3.05) is 5.32 Å². The van der Waals surface area contributed by atoms with Gasteiger partial charge in [-0.15, -0.1) is 24.0 Å². The van der Waals surface area contributed by atoms with E-state index in [0.717, 1.165) is 32.6 Å². The normalized spacial score (nSPS) is 11.0. The summed E-state index contributed by atoms with van der Waals surface area (Å²) in [5, 5.41) is 12.2. The predicted molar refractivity (Wildman–Crippen MR) is 118 cm³/mol. The molecule has 0 aliphatic carbocycles. The number of nitrogens with zero attached hydrogens (tertiary/aromatic N) is 3. The summed E-state index contributed by atoms with van der Waals surface area (Å²) in [6.07, 6.45) is -0.496. The maximum Gasteiger partial charge on any atom is 0.387 e. The van der Waals surface area contributed by atoms with Gasteiger partial charge in [-0.25, -0.2) is 14.2 Å². The number of carbonyl (C=O) groups excluding carboxylic acids is 1. The number of thiazole rings is 1. The Morgan fingerprint density at radius 2 is 2.00 bits per heavy atom. The van der Waals surface area contributed by atoms with Gasteiger partial charge in [0.05, 0.1) is 28.4 Å². The number of hydrogen-bond acceptors (Lipinski definition) is 8. The molecule has 0 unspecified atom stereocenters. The second-order valence-corrected chi connectivity index (χ2v) is 7.95. The molecule has 174 valence electrons. The SMILES string of the molecule is Cn1c(S)c(C(=N)CC(=O)Nc2nc(-c3ccc(OC(F)F)c(F)c3)cs2)c(=O)n(C)c1=O. The average molecular weight is 499 g/mol. The van der Waals surface area contributed by atoms with E-state index in [1.54, 1.807) is 0 Å². The zero-order chi connectivity index (χ0) is 24.4. The van der Waals surface area contributed by atoms with Crippen LogP contribution in [0.15, 0.2) is 38.2 Å². The first-order valence-electron chi connectivity index (χ1n) is 9.06. The second-order valence-electron chi connectivity index (χ2n) is 6.67. The topological polar surface area (TPSA) is 119 Å². The number of alkyl halides is 2. The number of thiol groups is 1. The molecule has 2 N–H and O–H groups in total. The molecule has 3 rings (SSSR count). The van der Waals surface area contributed by atoms with Crippen LogP contribution in [-0.2, 0) is 18.9 Å². The molecule has 0 fully saturated rings. The molecule has 1 aromatic carbocycles. The van der Waals surface area contributed by atoms with Crippen molar-refractivity contribution in [2.24, 2.45) is 14.1 Å². The first-order chi connectivity index (χ1) is 15.5. The van der Waals surface area contributed by atoms with E-state index < -0.39 is 41.8 Å². The maximum absolute atomic E-state index is 13.9. The summed E-state index contributed by atoms with van der Waals surface area (Å²) in [7, 11) is 2.63. The molecule has 2 aromatic heterocycles. The van der Waals surface area contributed by atoms with E-state index in [0.29, 0.717) is 0 Å². The lowest BCUT2D eigenvalue weighted by atomic mass is 10.1. The molecular formula is C19H16F3N5O4S2. The highest BCUT2D eigenvalue weighted by atomic mass is 32.1. The van der Waals surface area contributed by atoms with Crippen molar-refractivity contribution in [2.45, 2.75) is 18.1 Å². The Hall–Kier alpha value is -3.39. The van der Waals surface area contributed by atoms with Crippen LogP contribution in [0.5, 0.6) is 5.75 Å². The fraction of sp³-hybridized carbons (Fsp3) is 0.211. The minimum Gasteiger partial charge on any atom is -0.432 e. The molecule has 0 aliphatic heterocycles. The van der Waals surface area contributed by atoms with Crippen molar-refractivity contribution in [3.05, 3.63) is 55.8 Å². The summed E-state index contributed by atoms with van der Waals surface area (Å²) >= 11 is 5.14. The van der Waals surface area contributed by atoms with Gasteiger partial charge in [-0.2, -0.15) is 8.78 Å². The van der Waals surface area contributed by atoms with Crippen LogP contribution in [0.1, 0.15) is 12.0 Å². The highest BCUT2D eigenvalue weighted by Gasteiger charge is 2.20. The first-order valence-corrected chi connectivity index (χ1v) is 10.4. The summed E-state index contributed by atoms with van der Waals surface area (Å²) in [5.41, 5.74) is -1.35. The predicted octanol–water partition coefficient (Wildman–Crippen LogP) is 2.63. The van der Waals surface area contributed by atoms with Gasteiger partial charge in [0.1, 0.15) is 0 Å². The van der Waals surface area contributed by atoms with Crippen molar-refractivity contribution >= 4 is 40.7 Å². The Balaban J connectivity index is 1.73. The van der Waals surface area contributed by atoms with Crippen molar-refractivity contribution in [1.29, 1.82) is 5.41 Å². The average Bonchev–Trinajstić information content (AvgIpc) is 3.20. The second kappa shape index (κ2) is 9.62. The molecule has 14 heteroatoms. The van der Waals surface area contributed by atoms with Crippen molar-refractivity contribution in [3.8, 4) is 17.0 Å². The number of aromatic nitrogens is 3. The lowest BCUT2D eigenvalue weighted by molar-refractivity contribution is -0.115. The molecule has 0 atom stereocenters. The van der Waals surface area contributed by atoms with E-state index in [1.165, 1.54) is 25.5 Å². The smallest absolute Gasteiger partial charge is 0.387 e. The molecule has 0 spiro atoms. The van der Waals surface area contributed by atoms with Gasteiger partial charge in [0, 0.05) is 25.0 Å². The summed E-state index contributed by atoms with van der Waals surface area (Å²) in [5.74, 6) is -2.26. The molecule has 3 aromatic rings. The maximum atomic E-state index is 13.9. The van der Waals surface area contributed by atoms with Gasteiger partial charge in [-0.3, -0.25) is 18.7 Å². The van der Waals surface area contributed by atoms with Crippen LogP contribution in [0.3, 0.4) is 0 Å². The number of amides is 1. The molecule has 2 heterocycles. The molecule has 33 heavy (non-hydrogen) atoms. The lowest BCUT2D eigenvalue weighted by Gasteiger charge is -2.11. The first kappa shape index (κ1) is 24.3. The van der Waals surface area contributed by atoms with Crippen LogP contribution in [0.25, 0.3) is 11.3 Å². The summed E-state index contributed by atoms with van der Waals surface area (Å²) in [6.45, 7) is -3.16. The number of carbonyl (C=O) groups is 1. The number of hydrogen-bond donors (Lipinski definition) is 3. The van der Waals surface area contributed by atoms with Gasteiger partial charge in [0.25, 0.3) is 5.56 Å². The summed E-state index contributed by atoms with van der Waals surface area (Å²) in [4.78, 5) is 40.8. The third-order valence-electron chi connectivity index (χ3n) is 4.47. The molecule has 9 nitrogen and oxygen atoms in total. The zero-order valence-corrected chi connectivity index (χ0v) is 18.8. The number of anilines is 1. The quantitative estimate of drug-likeness (QED) is 0.262. The van der Waals surface area contributed by atoms with Crippen LogP contribution in [0, 0.1) is 11.2 Å². The third kappa shape index (κ3) is 5.17. The Labute approximate surface area is 193 Å². The van der Waals surface area contributed by atoms with Crippen LogP contribution >= 0.6 is 24.0 Å². The largest absolute Gasteiger partial charge is 0.432 e. The Bertz CT molecular complexity index is 1370. The fourth-order valence-electron chi connectivity index (χ4n) is 2.83. The van der Waals surface area contributed by atoms with E-state index in [2.05, 4.69) is 27.7 Å². The highest BCUT2D eigenvalue weighted by molar-refractivity contribution is 7.80. The van der Waals surface area contributed by atoms with Crippen molar-refractivity contribution < 1.29 is 22.7 Å². The van der Waals surface area contributed by atoms with Gasteiger partial charge in [-0.1, -0.05) is 0 Å². The Kier molecular flexibility index (Phi) is 7.07. The summed E-state index contributed by atoms with van der Waals surface area (Å²) < 4.78 is 44.4. The van der Waals surface area contributed by atoms with Gasteiger partial charge >= 0.3 is 12.3 Å². The van der Waals surface area contributed by atoms with E-state index in [-0.39, 0.29) is 32.7 Å². The molecular weight excluding hydrogens is 483 g/mol. The molecule has 0 bridgehead atoms. The standard InChI is InChI=1S/C19H16F3N5O4S2/c1-26-15(29)14(16(32)27(2)19(26)30)10(23)6-13(28)25-18-24-11(7-33-18)8-3-4-12(9(20)5-8)31-17(21)22/h3-5,7,17,23,32H,6H2,1-2H3,(H,24,25,28). The van der Waals surface area contributed by atoms with E-state index in [9.17, 15) is 27.6 Å². The van der Waals surface area contributed by atoms with E-state index in [1.807, 2.05) is 0 Å². The minimum atomic E-state index is -3.16. The molecule has 0 radical (unpaired) electrons. The van der Waals surface area contributed by atoms with E-state index >= 15 is 0 Å². The number of halogens is 3. The number of rotatable bonds is 7. The van der Waals surface area contributed by atoms with Crippen LogP contribution in [0.4, 0.5) is 18.3 Å². The van der Waals surface area contributed by atoms with Gasteiger partial charge in [-0.05, 0) is 18.2 Å². The summed E-state index contributed by atoms with van der Waals surface area (Å²) in [6, 6.07) is 3.34. The van der Waals surface area contributed by atoms with Crippen molar-refractivity contribution in [3.63, 3.8) is 0 Å². The van der Waals surface area contributed by atoms with Crippen LogP contribution in [0.2, 0.25) is 0 Å². The Morgan fingerprint density at radius 1 is 1.30 bits per heavy atom. The van der Waals surface area contributed by atoms with Gasteiger partial charge in [0.15, 0.2) is 16.7 Å². The number of ether oxygens (including phenoxy) is 1. The fourth-order valence-corrected chi connectivity index (χ4v) is 3.88. The van der Waals surface area contributed by atoms with Crippen LogP contribution < -0.4 is 21.3 Å². The molecule has 1 amide bonds. The lowest BCUT2D eigenvalue weighted by Crippen LogP contribution is -2.41. The van der Waals surface area contributed by atoms with E-state index in [4.69, 9.17) is 5.41 Å². The highest BCUT2D eigenvalue weighted by Crippen LogP contribution is 2.29. The number of benzene rings is 1. The molecule has 0 aliphatic rings. The minimum absolute atomic E-state index is 0.0428. The molecule has 0 saturated carbocycles. The monoisotopic (exact) mass is 499 g/mol. The van der Waals surface area contributed by atoms with Gasteiger partial charge < -0.3 is 15.5 Å². The van der Waals surface area contributed by atoms with Crippen LogP contribution in [-0.4, -0.2) is 32.3 Å². The third-order valence-corrected chi connectivity index (χ3v) is 5.75. The Morgan fingerprint density at radius 3 is 2.64 bits per heavy atom. The molecule has 0 saturated heterocycles. The van der Waals surface area contributed by atoms with Crippen molar-refractivity contribution in [1.82, 2.24) is 14.1 Å². The zero-order valence-electron chi connectivity index (χ0n) is 17.1. The van der Waals surface area contributed by atoms with Gasteiger partial charge in [0.2, 0.25) is 5.91 Å².